The first-order chi connectivity index (χ1) is 20.2. The van der Waals surface area contributed by atoms with Gasteiger partial charge in [0.2, 0.25) is 11.8 Å². The van der Waals surface area contributed by atoms with Gasteiger partial charge in [-0.25, -0.2) is 19.7 Å². The molecule has 42 heavy (non-hydrogen) atoms. The van der Waals surface area contributed by atoms with Gasteiger partial charge in [-0.15, -0.1) is 0 Å². The van der Waals surface area contributed by atoms with E-state index < -0.39 is 23.6 Å². The molecule has 0 radical (unpaired) electrons. The SMILES string of the molecule is COC(=O)NC(CC/C=C/C(=O)N(C)C)C(=O)Nc1cccn(Cc2nc3ncnc(Cc4ccccc4)c3[nH]2)c1=O. The predicted octanol–water partition coefficient (Wildman–Crippen LogP) is 2.24. The van der Waals surface area contributed by atoms with Gasteiger partial charge in [0.1, 0.15) is 29.4 Å². The highest BCUT2D eigenvalue weighted by Gasteiger charge is 2.22. The number of carbonyl (C=O) groups excluding carboxylic acids is 3. The van der Waals surface area contributed by atoms with Gasteiger partial charge in [0.05, 0.1) is 19.3 Å². The summed E-state index contributed by atoms with van der Waals surface area (Å²) >= 11 is 0. The normalized spacial score (nSPS) is 11.8. The molecule has 0 bridgehead atoms. The van der Waals surface area contributed by atoms with Crippen molar-refractivity contribution in [1.82, 2.24) is 34.7 Å². The van der Waals surface area contributed by atoms with E-state index in [-0.39, 0.29) is 24.6 Å². The fraction of sp³-hybridized carbons (Fsp3) is 0.276. The van der Waals surface area contributed by atoms with E-state index in [0.717, 1.165) is 11.3 Å². The van der Waals surface area contributed by atoms with E-state index in [1.165, 1.54) is 35.0 Å². The molecule has 0 aliphatic heterocycles. The Hall–Kier alpha value is -5.33. The first kappa shape index (κ1) is 29.6. The standard InChI is InChI=1S/C29H32N8O5/c1-36(2)24(38)14-8-7-12-20(33-29(41)42-3)27(39)32-21-13-9-15-37(28(21)40)17-23-34-25-22(30-18-31-26(25)35-23)16-19-10-5-4-6-11-19/h4-6,8-11,13-15,18,20H,7,12,16-17H2,1-3H3,(H,32,39)(H,33,41)(H,30,31,34,35)/b14-8+. The Labute approximate surface area is 241 Å². The number of nitrogens with zero attached hydrogens (tertiary/aromatic N) is 5. The highest BCUT2D eigenvalue weighted by Crippen LogP contribution is 2.16. The number of likely N-dealkylation sites (N-methyl/N-ethyl adjacent to an activating group) is 1. The number of allylic oxidation sites excluding steroid dienone is 1. The van der Waals surface area contributed by atoms with Gasteiger partial charge < -0.3 is 29.8 Å². The van der Waals surface area contributed by atoms with Crippen molar-refractivity contribution in [1.29, 1.82) is 0 Å². The van der Waals surface area contributed by atoms with Crippen LogP contribution in [0.2, 0.25) is 0 Å². The molecule has 218 valence electrons. The molecule has 0 aliphatic carbocycles. The fourth-order valence-corrected chi connectivity index (χ4v) is 4.13. The zero-order valence-electron chi connectivity index (χ0n) is 23.5. The maximum atomic E-state index is 13.2. The summed E-state index contributed by atoms with van der Waals surface area (Å²) in [6.45, 7) is 0.0955. The Morgan fingerprint density at radius 1 is 1.12 bits per heavy atom. The van der Waals surface area contributed by atoms with Crippen LogP contribution in [0.25, 0.3) is 11.2 Å². The topological polar surface area (TPSA) is 164 Å². The van der Waals surface area contributed by atoms with Crippen molar-refractivity contribution in [2.75, 3.05) is 26.5 Å². The van der Waals surface area contributed by atoms with E-state index >= 15 is 0 Å². The second kappa shape index (κ2) is 13.8. The van der Waals surface area contributed by atoms with Crippen LogP contribution in [-0.2, 0) is 27.3 Å². The fourth-order valence-electron chi connectivity index (χ4n) is 4.13. The minimum atomic E-state index is -1.01. The molecule has 3 aromatic heterocycles. The number of aromatic amines is 1. The molecule has 4 rings (SSSR count). The van der Waals surface area contributed by atoms with Crippen LogP contribution in [0.5, 0.6) is 0 Å². The lowest BCUT2D eigenvalue weighted by molar-refractivity contribution is -0.123. The third kappa shape index (κ3) is 7.65. The Morgan fingerprint density at radius 3 is 2.64 bits per heavy atom. The van der Waals surface area contributed by atoms with E-state index in [1.54, 1.807) is 32.4 Å². The number of imidazole rings is 1. The number of amides is 3. The number of fused-ring (bicyclic) bond motifs is 1. The summed E-state index contributed by atoms with van der Waals surface area (Å²) in [5.74, 6) is -0.312. The van der Waals surface area contributed by atoms with Crippen LogP contribution >= 0.6 is 0 Å². The molecule has 13 heteroatoms. The van der Waals surface area contributed by atoms with Gasteiger partial charge in [-0.2, -0.15) is 0 Å². The lowest BCUT2D eigenvalue weighted by atomic mass is 10.1. The summed E-state index contributed by atoms with van der Waals surface area (Å²) in [5.41, 5.74) is 2.61. The lowest BCUT2D eigenvalue weighted by Gasteiger charge is -2.17. The van der Waals surface area contributed by atoms with Crippen LogP contribution in [0.15, 0.2) is 71.9 Å². The number of alkyl carbamates (subject to hydrolysis) is 1. The van der Waals surface area contributed by atoms with E-state index in [9.17, 15) is 19.2 Å². The largest absolute Gasteiger partial charge is 0.453 e. The Balaban J connectivity index is 1.48. The number of pyridine rings is 1. The van der Waals surface area contributed by atoms with Gasteiger partial charge in [-0.3, -0.25) is 14.4 Å². The lowest BCUT2D eigenvalue weighted by Crippen LogP contribution is -2.44. The van der Waals surface area contributed by atoms with Crippen LogP contribution in [0.1, 0.15) is 29.9 Å². The third-order valence-corrected chi connectivity index (χ3v) is 6.35. The number of H-pyrrole nitrogens is 1. The van der Waals surface area contributed by atoms with Crippen LogP contribution in [0.4, 0.5) is 10.5 Å². The summed E-state index contributed by atoms with van der Waals surface area (Å²) in [4.78, 5) is 67.8. The van der Waals surface area contributed by atoms with Crippen molar-refractivity contribution in [3.05, 3.63) is 94.6 Å². The zero-order chi connectivity index (χ0) is 30.1. The van der Waals surface area contributed by atoms with Gasteiger partial charge in [-0.1, -0.05) is 36.4 Å². The quantitative estimate of drug-likeness (QED) is 0.230. The summed E-state index contributed by atoms with van der Waals surface area (Å²) in [6.07, 6.45) is 6.32. The van der Waals surface area contributed by atoms with E-state index in [0.29, 0.717) is 29.8 Å². The van der Waals surface area contributed by atoms with Gasteiger partial charge in [0.25, 0.3) is 5.56 Å². The van der Waals surface area contributed by atoms with Crippen molar-refractivity contribution in [3.63, 3.8) is 0 Å². The summed E-state index contributed by atoms with van der Waals surface area (Å²) in [5, 5.41) is 5.07. The second-order valence-electron chi connectivity index (χ2n) is 9.61. The number of carbonyl (C=O) groups is 3. The number of rotatable bonds is 11. The molecular weight excluding hydrogens is 540 g/mol. The minimum Gasteiger partial charge on any atom is -0.453 e. The molecule has 3 N–H and O–H groups in total. The average Bonchev–Trinajstić information content (AvgIpc) is 3.40. The Kier molecular flexibility index (Phi) is 9.77. The molecule has 0 spiro atoms. The molecule has 3 heterocycles. The zero-order valence-corrected chi connectivity index (χ0v) is 23.5. The minimum absolute atomic E-state index is 0.0261. The van der Waals surface area contributed by atoms with Crippen LogP contribution in [0, 0.1) is 0 Å². The molecule has 0 aliphatic rings. The number of hydrogen-bond acceptors (Lipinski definition) is 8. The number of benzene rings is 1. The summed E-state index contributed by atoms with van der Waals surface area (Å²) < 4.78 is 6.04. The van der Waals surface area contributed by atoms with Gasteiger partial charge in [0.15, 0.2) is 5.65 Å². The van der Waals surface area contributed by atoms with Gasteiger partial charge in [-0.05, 0) is 36.6 Å². The first-order valence-corrected chi connectivity index (χ1v) is 13.2. The summed E-state index contributed by atoms with van der Waals surface area (Å²) in [7, 11) is 4.43. The molecule has 1 aromatic carbocycles. The molecule has 1 unspecified atom stereocenters. The maximum absolute atomic E-state index is 13.2. The number of anilines is 1. The molecular formula is C29H32N8O5. The van der Waals surface area contributed by atoms with Crippen molar-refractivity contribution in [2.45, 2.75) is 31.8 Å². The van der Waals surface area contributed by atoms with Crippen LogP contribution in [-0.4, -0.2) is 74.6 Å². The molecule has 13 nitrogen and oxygen atoms in total. The third-order valence-electron chi connectivity index (χ3n) is 6.35. The number of hydrogen-bond donors (Lipinski definition) is 3. The van der Waals surface area contributed by atoms with E-state index in [1.807, 2.05) is 30.3 Å². The highest BCUT2D eigenvalue weighted by atomic mass is 16.5. The van der Waals surface area contributed by atoms with Crippen LogP contribution < -0.4 is 16.2 Å². The van der Waals surface area contributed by atoms with Crippen molar-refractivity contribution >= 4 is 34.8 Å². The number of ether oxygens (including phenoxy) is 1. The van der Waals surface area contributed by atoms with Gasteiger partial charge in [0, 0.05) is 26.7 Å². The van der Waals surface area contributed by atoms with Crippen molar-refractivity contribution in [3.8, 4) is 0 Å². The highest BCUT2D eigenvalue weighted by molar-refractivity contribution is 5.96. The summed E-state index contributed by atoms with van der Waals surface area (Å²) in [6, 6.07) is 12.0. The Bertz CT molecular complexity index is 1640. The molecule has 0 fully saturated rings. The number of aromatic nitrogens is 5. The molecule has 4 aromatic rings. The van der Waals surface area contributed by atoms with Crippen molar-refractivity contribution in [2.24, 2.45) is 0 Å². The van der Waals surface area contributed by atoms with E-state index in [4.69, 9.17) is 0 Å². The van der Waals surface area contributed by atoms with E-state index in [2.05, 4.69) is 35.3 Å². The molecule has 3 amide bonds. The molecule has 1 atom stereocenters. The van der Waals surface area contributed by atoms with Crippen LogP contribution in [0.3, 0.4) is 0 Å². The number of methoxy groups -OCH3 is 1. The van der Waals surface area contributed by atoms with Gasteiger partial charge >= 0.3 is 6.09 Å². The Morgan fingerprint density at radius 2 is 1.90 bits per heavy atom. The number of nitrogens with one attached hydrogen (secondary N) is 3. The maximum Gasteiger partial charge on any atom is 0.407 e. The van der Waals surface area contributed by atoms with Crippen molar-refractivity contribution < 1.29 is 19.1 Å². The monoisotopic (exact) mass is 572 g/mol. The second-order valence-corrected chi connectivity index (χ2v) is 9.61. The average molecular weight is 573 g/mol. The molecule has 0 saturated heterocycles. The molecule has 0 saturated carbocycles. The smallest absolute Gasteiger partial charge is 0.407 e. The predicted molar refractivity (Wildman–Crippen MR) is 156 cm³/mol. The first-order valence-electron chi connectivity index (χ1n) is 13.2.